The summed E-state index contributed by atoms with van der Waals surface area (Å²) in [6, 6.07) is 9.86. The molecular weight excluding hydrogens is 367 g/mol. The summed E-state index contributed by atoms with van der Waals surface area (Å²) >= 11 is 0. The minimum Gasteiger partial charge on any atom is -0.493 e. The van der Waals surface area contributed by atoms with Crippen molar-refractivity contribution in [3.63, 3.8) is 0 Å². The number of fused-ring (bicyclic) bond motifs is 1. The molecule has 2 aromatic carbocycles. The van der Waals surface area contributed by atoms with Crippen LogP contribution < -0.4 is 14.8 Å². The number of nitrogens with one attached hydrogen (secondary N) is 1. The minimum atomic E-state index is -0.772. The van der Waals surface area contributed by atoms with Crippen LogP contribution in [-0.4, -0.2) is 35.0 Å². The Hall–Kier alpha value is -3.62. The molecule has 0 amide bonds. The molecule has 0 spiro atoms. The molecule has 0 saturated carbocycles. The Morgan fingerprint density at radius 1 is 1.21 bits per heavy atom. The maximum atomic E-state index is 13.8. The zero-order valence-corrected chi connectivity index (χ0v) is 15.2. The predicted octanol–water partition coefficient (Wildman–Crippen LogP) is 2.76. The molecule has 4 rings (SSSR count). The standard InChI is InChI=1S/C19H17FN4O4/c1-26-14-8-7-12-15(16(14)27-2)18(25)28-17(12)22-19-21-10-24(23-19)9-11-5-3-4-6-13(11)20/h3-8,10,17H,9H2,1-2H3,(H,22,23). The number of hydrogen-bond donors (Lipinski definition) is 1. The Morgan fingerprint density at radius 2 is 2.04 bits per heavy atom. The van der Waals surface area contributed by atoms with E-state index in [2.05, 4.69) is 15.4 Å². The van der Waals surface area contributed by atoms with Gasteiger partial charge in [-0.25, -0.2) is 18.9 Å². The summed E-state index contributed by atoms with van der Waals surface area (Å²) in [6.07, 6.45) is 0.702. The Balaban J connectivity index is 1.55. The van der Waals surface area contributed by atoms with Gasteiger partial charge in [0.1, 0.15) is 17.7 Å². The van der Waals surface area contributed by atoms with Gasteiger partial charge < -0.3 is 19.5 Å². The Morgan fingerprint density at radius 3 is 2.79 bits per heavy atom. The van der Waals surface area contributed by atoms with Crippen molar-refractivity contribution in [3.05, 3.63) is 65.2 Å². The predicted molar refractivity (Wildman–Crippen MR) is 96.8 cm³/mol. The molecule has 1 N–H and O–H groups in total. The van der Waals surface area contributed by atoms with Gasteiger partial charge >= 0.3 is 5.97 Å². The van der Waals surface area contributed by atoms with E-state index in [1.807, 2.05) is 0 Å². The first kappa shape index (κ1) is 17.8. The average Bonchev–Trinajstić information content (AvgIpc) is 3.27. The fraction of sp³-hybridized carbons (Fsp3) is 0.211. The van der Waals surface area contributed by atoms with Gasteiger partial charge in [0.05, 0.1) is 20.8 Å². The molecule has 144 valence electrons. The van der Waals surface area contributed by atoms with E-state index in [0.29, 0.717) is 28.2 Å². The normalized spacial score (nSPS) is 15.1. The van der Waals surface area contributed by atoms with Crippen LogP contribution in [0.2, 0.25) is 0 Å². The van der Waals surface area contributed by atoms with Gasteiger partial charge in [-0.05, 0) is 18.2 Å². The van der Waals surface area contributed by atoms with Gasteiger partial charge in [-0.1, -0.05) is 18.2 Å². The number of ether oxygens (including phenoxy) is 3. The Bertz CT molecular complexity index is 1040. The summed E-state index contributed by atoms with van der Waals surface area (Å²) in [7, 11) is 2.95. The number of aromatic nitrogens is 3. The van der Waals surface area contributed by atoms with Crippen molar-refractivity contribution in [1.82, 2.24) is 14.8 Å². The molecule has 0 saturated heterocycles. The van der Waals surface area contributed by atoms with Gasteiger partial charge in [0, 0.05) is 11.1 Å². The van der Waals surface area contributed by atoms with Crippen molar-refractivity contribution in [1.29, 1.82) is 0 Å². The maximum Gasteiger partial charge on any atom is 0.344 e. The number of rotatable bonds is 6. The maximum absolute atomic E-state index is 13.8. The van der Waals surface area contributed by atoms with E-state index in [9.17, 15) is 9.18 Å². The van der Waals surface area contributed by atoms with Crippen molar-refractivity contribution in [2.45, 2.75) is 12.8 Å². The third-order valence-corrected chi connectivity index (χ3v) is 4.38. The van der Waals surface area contributed by atoms with Crippen molar-refractivity contribution in [2.24, 2.45) is 0 Å². The van der Waals surface area contributed by atoms with Gasteiger partial charge in [-0.2, -0.15) is 0 Å². The zero-order chi connectivity index (χ0) is 19.7. The molecule has 0 fully saturated rings. The number of halogens is 1. The highest BCUT2D eigenvalue weighted by Crippen LogP contribution is 2.41. The highest BCUT2D eigenvalue weighted by Gasteiger charge is 2.36. The summed E-state index contributed by atoms with van der Waals surface area (Å²) in [5.74, 6) is 0.150. The summed E-state index contributed by atoms with van der Waals surface area (Å²) in [5, 5.41) is 7.23. The molecule has 0 radical (unpaired) electrons. The molecule has 2 heterocycles. The monoisotopic (exact) mass is 384 g/mol. The first-order chi connectivity index (χ1) is 13.6. The molecule has 0 bridgehead atoms. The number of carbonyl (C=O) groups excluding carboxylic acids is 1. The molecule has 1 aliphatic rings. The minimum absolute atomic E-state index is 0.230. The first-order valence-electron chi connectivity index (χ1n) is 8.46. The van der Waals surface area contributed by atoms with Gasteiger partial charge in [0.25, 0.3) is 0 Å². The number of anilines is 1. The third kappa shape index (κ3) is 3.11. The number of methoxy groups -OCH3 is 2. The first-order valence-corrected chi connectivity index (χ1v) is 8.46. The lowest BCUT2D eigenvalue weighted by molar-refractivity contribution is 0.0434. The second-order valence-corrected chi connectivity index (χ2v) is 6.05. The fourth-order valence-electron chi connectivity index (χ4n) is 3.06. The van der Waals surface area contributed by atoms with Crippen LogP contribution in [-0.2, 0) is 11.3 Å². The topological polar surface area (TPSA) is 87.5 Å². The lowest BCUT2D eigenvalue weighted by atomic mass is 10.1. The summed E-state index contributed by atoms with van der Waals surface area (Å²) in [4.78, 5) is 16.5. The van der Waals surface area contributed by atoms with E-state index in [4.69, 9.17) is 14.2 Å². The van der Waals surface area contributed by atoms with Crippen LogP contribution in [0.25, 0.3) is 0 Å². The van der Waals surface area contributed by atoms with Crippen LogP contribution in [0.1, 0.15) is 27.7 Å². The van der Waals surface area contributed by atoms with Gasteiger partial charge in [-0.3, -0.25) is 0 Å². The lowest BCUT2D eigenvalue weighted by Gasteiger charge is -2.12. The van der Waals surface area contributed by atoms with Crippen molar-refractivity contribution >= 4 is 11.9 Å². The van der Waals surface area contributed by atoms with E-state index >= 15 is 0 Å². The number of carbonyl (C=O) groups is 1. The van der Waals surface area contributed by atoms with E-state index in [1.54, 1.807) is 30.3 Å². The van der Waals surface area contributed by atoms with E-state index in [1.165, 1.54) is 31.3 Å². The number of benzene rings is 2. The van der Waals surface area contributed by atoms with E-state index < -0.39 is 12.2 Å². The van der Waals surface area contributed by atoms with E-state index in [0.717, 1.165) is 0 Å². The van der Waals surface area contributed by atoms with Crippen LogP contribution in [0.4, 0.5) is 10.3 Å². The van der Waals surface area contributed by atoms with Crippen molar-refractivity contribution in [3.8, 4) is 11.5 Å². The van der Waals surface area contributed by atoms with Crippen LogP contribution in [0.3, 0.4) is 0 Å². The number of hydrogen-bond acceptors (Lipinski definition) is 7. The van der Waals surface area contributed by atoms with Gasteiger partial charge in [0.2, 0.25) is 12.2 Å². The second kappa shape index (κ2) is 7.18. The molecule has 0 aliphatic carbocycles. The summed E-state index contributed by atoms with van der Waals surface area (Å²) in [6.45, 7) is 0.230. The quantitative estimate of drug-likeness (QED) is 0.654. The number of cyclic esters (lactones) is 1. The molecule has 9 heteroatoms. The average molecular weight is 384 g/mol. The molecule has 3 aromatic rings. The van der Waals surface area contributed by atoms with Crippen LogP contribution in [0.15, 0.2) is 42.7 Å². The van der Waals surface area contributed by atoms with Crippen LogP contribution >= 0.6 is 0 Å². The molecule has 1 aliphatic heterocycles. The van der Waals surface area contributed by atoms with E-state index in [-0.39, 0.29) is 18.3 Å². The second-order valence-electron chi connectivity index (χ2n) is 6.05. The molecule has 1 aromatic heterocycles. The fourth-order valence-corrected chi connectivity index (χ4v) is 3.06. The lowest BCUT2D eigenvalue weighted by Crippen LogP contribution is -2.12. The molecule has 8 nitrogen and oxygen atoms in total. The Labute approximate surface area is 159 Å². The highest BCUT2D eigenvalue weighted by atomic mass is 19.1. The number of nitrogens with zero attached hydrogens (tertiary/aromatic N) is 3. The van der Waals surface area contributed by atoms with Crippen molar-refractivity contribution in [2.75, 3.05) is 19.5 Å². The summed E-state index contributed by atoms with van der Waals surface area (Å²) < 4.78 is 31.2. The Kier molecular flexibility index (Phi) is 4.56. The van der Waals surface area contributed by atoms with Crippen LogP contribution in [0, 0.1) is 5.82 Å². The van der Waals surface area contributed by atoms with Gasteiger partial charge in [-0.15, -0.1) is 5.10 Å². The molecular formula is C19H17FN4O4. The molecule has 28 heavy (non-hydrogen) atoms. The van der Waals surface area contributed by atoms with Crippen molar-refractivity contribution < 1.29 is 23.4 Å². The third-order valence-electron chi connectivity index (χ3n) is 4.38. The largest absolute Gasteiger partial charge is 0.493 e. The molecule has 1 atom stereocenters. The SMILES string of the molecule is COc1ccc2c(c1OC)C(=O)OC2Nc1ncn(Cc2ccccc2F)n1. The van der Waals surface area contributed by atoms with Gasteiger partial charge in [0.15, 0.2) is 11.5 Å². The van der Waals surface area contributed by atoms with Crippen LogP contribution in [0.5, 0.6) is 11.5 Å². The molecule has 1 unspecified atom stereocenters. The smallest absolute Gasteiger partial charge is 0.344 e. The summed E-state index contributed by atoms with van der Waals surface area (Å²) in [5.41, 5.74) is 1.38. The highest BCUT2D eigenvalue weighted by molar-refractivity contribution is 5.98. The zero-order valence-electron chi connectivity index (χ0n) is 15.2. The number of esters is 1.